The first kappa shape index (κ1) is 11.5. The van der Waals surface area contributed by atoms with E-state index in [4.69, 9.17) is 4.74 Å². The van der Waals surface area contributed by atoms with Gasteiger partial charge < -0.3 is 9.84 Å². The number of para-hydroxylation sites is 1. The molecule has 1 aromatic rings. The van der Waals surface area contributed by atoms with Gasteiger partial charge in [-0.3, -0.25) is 0 Å². The van der Waals surface area contributed by atoms with Gasteiger partial charge in [0.1, 0.15) is 5.75 Å². The monoisotopic (exact) mass is 220 g/mol. The Morgan fingerprint density at radius 2 is 2.19 bits per heavy atom. The van der Waals surface area contributed by atoms with Crippen LogP contribution in [0.3, 0.4) is 0 Å². The number of ether oxygens (including phenoxy) is 1. The van der Waals surface area contributed by atoms with E-state index in [-0.39, 0.29) is 12.0 Å². The summed E-state index contributed by atoms with van der Waals surface area (Å²) in [5.74, 6) is 1.56. The van der Waals surface area contributed by atoms with E-state index in [1.807, 2.05) is 18.2 Å². The lowest BCUT2D eigenvalue weighted by Crippen LogP contribution is -2.32. The van der Waals surface area contributed by atoms with Gasteiger partial charge in [0.25, 0.3) is 0 Å². The van der Waals surface area contributed by atoms with Crippen molar-refractivity contribution in [3.05, 3.63) is 29.8 Å². The Bertz CT molecular complexity index is 348. The number of hydrogen-bond acceptors (Lipinski definition) is 2. The minimum Gasteiger partial charge on any atom is -0.493 e. The van der Waals surface area contributed by atoms with E-state index in [1.54, 1.807) is 0 Å². The summed E-state index contributed by atoms with van der Waals surface area (Å²) in [5.41, 5.74) is 1.17. The van der Waals surface area contributed by atoms with Crippen LogP contribution in [0.15, 0.2) is 24.3 Å². The molecule has 1 aliphatic rings. The molecule has 88 valence electrons. The molecule has 3 atom stereocenters. The summed E-state index contributed by atoms with van der Waals surface area (Å²) in [6, 6.07) is 8.07. The van der Waals surface area contributed by atoms with Crippen LogP contribution in [-0.2, 0) is 0 Å². The first-order valence-corrected chi connectivity index (χ1v) is 6.13. The predicted molar refractivity (Wildman–Crippen MR) is 64.8 cm³/mol. The summed E-state index contributed by atoms with van der Waals surface area (Å²) in [7, 11) is 0. The highest BCUT2D eigenvalue weighted by molar-refractivity contribution is 5.39. The van der Waals surface area contributed by atoms with Crippen LogP contribution in [-0.4, -0.2) is 17.8 Å². The maximum Gasteiger partial charge on any atom is 0.122 e. The van der Waals surface area contributed by atoms with Crippen LogP contribution >= 0.6 is 0 Å². The van der Waals surface area contributed by atoms with Crippen LogP contribution in [0.5, 0.6) is 5.75 Å². The lowest BCUT2D eigenvalue weighted by atomic mass is 9.80. The maximum absolute atomic E-state index is 10.2. The maximum atomic E-state index is 10.2. The van der Waals surface area contributed by atoms with Gasteiger partial charge in [-0.25, -0.2) is 0 Å². The third-order valence-electron chi connectivity index (χ3n) is 3.39. The van der Waals surface area contributed by atoms with Crippen LogP contribution in [0.2, 0.25) is 0 Å². The molecule has 0 saturated carbocycles. The first-order valence-electron chi connectivity index (χ1n) is 6.13. The van der Waals surface area contributed by atoms with Gasteiger partial charge in [0.05, 0.1) is 12.7 Å². The molecule has 1 aliphatic heterocycles. The summed E-state index contributed by atoms with van der Waals surface area (Å²) >= 11 is 0. The molecular weight excluding hydrogens is 200 g/mol. The predicted octanol–water partition coefficient (Wildman–Crippen LogP) is 2.96. The van der Waals surface area contributed by atoms with E-state index < -0.39 is 0 Å². The van der Waals surface area contributed by atoms with Crippen LogP contribution in [0.1, 0.15) is 38.2 Å². The topological polar surface area (TPSA) is 29.5 Å². The van der Waals surface area contributed by atoms with Crippen LogP contribution in [0, 0.1) is 5.92 Å². The van der Waals surface area contributed by atoms with E-state index in [2.05, 4.69) is 19.9 Å². The standard InChI is InChI=1S/C14H20O2/c1-3-6-12(15)14-10(2)9-16-13-8-5-4-7-11(13)14/h4-5,7-8,10,12,14-15H,3,6,9H2,1-2H3. The zero-order valence-corrected chi connectivity index (χ0v) is 10.0. The second-order valence-corrected chi connectivity index (χ2v) is 4.71. The third kappa shape index (κ3) is 2.07. The van der Waals surface area contributed by atoms with Crippen molar-refractivity contribution in [2.24, 2.45) is 5.92 Å². The quantitative estimate of drug-likeness (QED) is 0.848. The smallest absolute Gasteiger partial charge is 0.122 e. The molecule has 0 amide bonds. The molecule has 2 nitrogen and oxygen atoms in total. The molecular formula is C14H20O2. The van der Waals surface area contributed by atoms with Gasteiger partial charge in [0, 0.05) is 11.5 Å². The molecule has 0 aliphatic carbocycles. The van der Waals surface area contributed by atoms with Crippen molar-refractivity contribution in [1.29, 1.82) is 0 Å². The first-order chi connectivity index (χ1) is 7.74. The Kier molecular flexibility index (Phi) is 3.49. The van der Waals surface area contributed by atoms with E-state index in [0.717, 1.165) is 18.6 Å². The summed E-state index contributed by atoms with van der Waals surface area (Å²) in [6.45, 7) is 4.97. The number of benzene rings is 1. The number of rotatable bonds is 3. The van der Waals surface area contributed by atoms with Crippen molar-refractivity contribution in [2.75, 3.05) is 6.61 Å². The van der Waals surface area contributed by atoms with Crippen molar-refractivity contribution < 1.29 is 9.84 Å². The molecule has 3 unspecified atom stereocenters. The number of aliphatic hydroxyl groups excluding tert-OH is 1. The van der Waals surface area contributed by atoms with Crippen molar-refractivity contribution in [2.45, 2.75) is 38.7 Å². The van der Waals surface area contributed by atoms with Crippen molar-refractivity contribution >= 4 is 0 Å². The van der Waals surface area contributed by atoms with Gasteiger partial charge in [0.15, 0.2) is 0 Å². The number of fused-ring (bicyclic) bond motifs is 1. The van der Waals surface area contributed by atoms with Crippen LogP contribution in [0.4, 0.5) is 0 Å². The fraction of sp³-hybridized carbons (Fsp3) is 0.571. The largest absolute Gasteiger partial charge is 0.493 e. The van der Waals surface area contributed by atoms with Crippen LogP contribution in [0.25, 0.3) is 0 Å². The van der Waals surface area contributed by atoms with Gasteiger partial charge in [-0.05, 0) is 18.4 Å². The zero-order chi connectivity index (χ0) is 11.5. The van der Waals surface area contributed by atoms with Gasteiger partial charge >= 0.3 is 0 Å². The molecule has 0 saturated heterocycles. The molecule has 0 spiro atoms. The Morgan fingerprint density at radius 1 is 1.44 bits per heavy atom. The molecule has 16 heavy (non-hydrogen) atoms. The third-order valence-corrected chi connectivity index (χ3v) is 3.39. The summed E-state index contributed by atoms with van der Waals surface area (Å²) in [6.07, 6.45) is 1.64. The average Bonchev–Trinajstić information content (AvgIpc) is 2.29. The molecule has 0 aromatic heterocycles. The Labute approximate surface area is 97.3 Å². The molecule has 1 N–H and O–H groups in total. The highest BCUT2D eigenvalue weighted by Gasteiger charge is 2.32. The number of hydrogen-bond donors (Lipinski definition) is 1. The highest BCUT2D eigenvalue weighted by atomic mass is 16.5. The minimum atomic E-state index is -0.245. The van der Waals surface area contributed by atoms with Gasteiger partial charge in [-0.1, -0.05) is 38.5 Å². The fourth-order valence-electron chi connectivity index (χ4n) is 2.58. The molecule has 0 bridgehead atoms. The Balaban J connectivity index is 2.29. The molecule has 0 radical (unpaired) electrons. The second-order valence-electron chi connectivity index (χ2n) is 4.71. The molecule has 1 heterocycles. The number of aliphatic hydroxyl groups is 1. The SMILES string of the molecule is CCCC(O)C1c2ccccc2OCC1C. The second kappa shape index (κ2) is 4.88. The molecule has 0 fully saturated rings. The Hall–Kier alpha value is -1.02. The van der Waals surface area contributed by atoms with Gasteiger partial charge in [-0.15, -0.1) is 0 Å². The minimum absolute atomic E-state index is 0.227. The lowest BCUT2D eigenvalue weighted by Gasteiger charge is -2.34. The summed E-state index contributed by atoms with van der Waals surface area (Å²) in [5, 5.41) is 10.2. The summed E-state index contributed by atoms with van der Waals surface area (Å²) < 4.78 is 5.68. The van der Waals surface area contributed by atoms with Gasteiger partial charge in [0.2, 0.25) is 0 Å². The molecule has 2 heteroatoms. The van der Waals surface area contributed by atoms with E-state index in [1.165, 1.54) is 5.56 Å². The average molecular weight is 220 g/mol. The van der Waals surface area contributed by atoms with E-state index in [9.17, 15) is 5.11 Å². The molecule has 1 aromatic carbocycles. The van der Waals surface area contributed by atoms with Crippen molar-refractivity contribution in [1.82, 2.24) is 0 Å². The fourth-order valence-corrected chi connectivity index (χ4v) is 2.58. The van der Waals surface area contributed by atoms with Crippen molar-refractivity contribution in [3.8, 4) is 5.75 Å². The highest BCUT2D eigenvalue weighted by Crippen LogP contribution is 2.39. The summed E-state index contributed by atoms with van der Waals surface area (Å²) in [4.78, 5) is 0. The van der Waals surface area contributed by atoms with Crippen molar-refractivity contribution in [3.63, 3.8) is 0 Å². The normalized spacial score (nSPS) is 25.7. The van der Waals surface area contributed by atoms with Crippen LogP contribution < -0.4 is 4.74 Å². The van der Waals surface area contributed by atoms with E-state index in [0.29, 0.717) is 12.5 Å². The lowest BCUT2D eigenvalue weighted by molar-refractivity contribution is 0.0774. The molecule has 2 rings (SSSR count). The Morgan fingerprint density at radius 3 is 2.94 bits per heavy atom. The zero-order valence-electron chi connectivity index (χ0n) is 10.0. The van der Waals surface area contributed by atoms with E-state index >= 15 is 0 Å². The van der Waals surface area contributed by atoms with Gasteiger partial charge in [-0.2, -0.15) is 0 Å².